The molecule has 0 spiro atoms. The molecule has 1 heterocycles. The van der Waals surface area contributed by atoms with Crippen LogP contribution >= 0.6 is 0 Å². The van der Waals surface area contributed by atoms with Crippen LogP contribution < -0.4 is 20.1 Å². The fourth-order valence-electron chi connectivity index (χ4n) is 4.10. The minimum atomic E-state index is -0.232. The number of benzene rings is 2. The van der Waals surface area contributed by atoms with E-state index in [1.807, 2.05) is 55.8 Å². The number of nitrogens with zero attached hydrogens (tertiary/aromatic N) is 3. The van der Waals surface area contributed by atoms with Crippen LogP contribution in [0, 0.1) is 27.7 Å². The number of hydrogen-bond acceptors (Lipinski definition) is 5. The van der Waals surface area contributed by atoms with Crippen molar-refractivity contribution in [1.29, 1.82) is 0 Å². The average Bonchev–Trinajstić information content (AvgIpc) is 3.10. The van der Waals surface area contributed by atoms with Crippen molar-refractivity contribution in [1.82, 2.24) is 15.1 Å². The lowest BCUT2D eigenvalue weighted by Gasteiger charge is -2.14. The molecule has 8 nitrogen and oxygen atoms in total. The lowest BCUT2D eigenvalue weighted by molar-refractivity contribution is 0.0976. The van der Waals surface area contributed by atoms with Crippen molar-refractivity contribution in [3.63, 3.8) is 0 Å². The molecule has 8 heteroatoms. The number of hydrogen-bond donors (Lipinski definition) is 2. The SMILES string of the molecule is CCn1nc(C)c(CCN=C(NC(=O)c2cc(C)cc(C)c2)Nc2cc(OC)cc(OC)c2)c1C. The second-order valence-corrected chi connectivity index (χ2v) is 8.50. The monoisotopic (exact) mass is 477 g/mol. The predicted molar refractivity (Wildman–Crippen MR) is 140 cm³/mol. The summed E-state index contributed by atoms with van der Waals surface area (Å²) in [5, 5.41) is 10.8. The largest absolute Gasteiger partial charge is 0.497 e. The summed E-state index contributed by atoms with van der Waals surface area (Å²) in [4.78, 5) is 17.8. The van der Waals surface area contributed by atoms with Crippen LogP contribution in [0.5, 0.6) is 11.5 Å². The maximum atomic E-state index is 13.1. The molecule has 3 rings (SSSR count). The number of aliphatic imine (C=N–C) groups is 1. The van der Waals surface area contributed by atoms with Gasteiger partial charge in [-0.15, -0.1) is 0 Å². The quantitative estimate of drug-likeness (QED) is 0.366. The first-order valence-corrected chi connectivity index (χ1v) is 11.7. The average molecular weight is 478 g/mol. The first-order valence-electron chi connectivity index (χ1n) is 11.7. The van der Waals surface area contributed by atoms with E-state index in [-0.39, 0.29) is 5.91 Å². The van der Waals surface area contributed by atoms with E-state index in [9.17, 15) is 4.79 Å². The summed E-state index contributed by atoms with van der Waals surface area (Å²) >= 11 is 0. The molecule has 0 saturated heterocycles. The Labute approximate surface area is 207 Å². The van der Waals surface area contributed by atoms with Crippen molar-refractivity contribution in [3.8, 4) is 11.5 Å². The third-order valence-corrected chi connectivity index (χ3v) is 5.79. The second-order valence-electron chi connectivity index (χ2n) is 8.50. The van der Waals surface area contributed by atoms with Crippen LogP contribution in [-0.2, 0) is 13.0 Å². The van der Waals surface area contributed by atoms with Gasteiger partial charge in [0.25, 0.3) is 5.91 Å². The number of nitrogens with one attached hydrogen (secondary N) is 2. The number of amides is 1. The minimum absolute atomic E-state index is 0.232. The van der Waals surface area contributed by atoms with Gasteiger partial charge < -0.3 is 14.8 Å². The van der Waals surface area contributed by atoms with Crippen molar-refractivity contribution in [2.45, 2.75) is 47.6 Å². The van der Waals surface area contributed by atoms with Gasteiger partial charge in [0.15, 0.2) is 0 Å². The van der Waals surface area contributed by atoms with E-state index >= 15 is 0 Å². The molecular formula is C27H35N5O3. The van der Waals surface area contributed by atoms with Crippen LogP contribution in [0.3, 0.4) is 0 Å². The number of aryl methyl sites for hydroxylation is 4. The zero-order chi connectivity index (χ0) is 25.5. The lowest BCUT2D eigenvalue weighted by Crippen LogP contribution is -2.36. The Balaban J connectivity index is 1.87. The highest BCUT2D eigenvalue weighted by molar-refractivity contribution is 6.10. The molecule has 0 atom stereocenters. The normalized spacial score (nSPS) is 11.3. The van der Waals surface area contributed by atoms with Crippen LogP contribution in [0.25, 0.3) is 0 Å². The summed E-state index contributed by atoms with van der Waals surface area (Å²) in [6.45, 7) is 11.4. The van der Waals surface area contributed by atoms with Gasteiger partial charge in [0, 0.05) is 48.2 Å². The van der Waals surface area contributed by atoms with Crippen molar-refractivity contribution < 1.29 is 14.3 Å². The summed E-state index contributed by atoms with van der Waals surface area (Å²) < 4.78 is 12.8. The molecule has 3 aromatic rings. The van der Waals surface area contributed by atoms with E-state index in [0.29, 0.717) is 41.7 Å². The van der Waals surface area contributed by atoms with E-state index in [1.165, 1.54) is 5.56 Å². The van der Waals surface area contributed by atoms with E-state index in [0.717, 1.165) is 29.1 Å². The van der Waals surface area contributed by atoms with Gasteiger partial charge >= 0.3 is 0 Å². The Hall–Kier alpha value is -3.81. The highest BCUT2D eigenvalue weighted by Gasteiger charge is 2.13. The molecule has 2 aromatic carbocycles. The van der Waals surface area contributed by atoms with E-state index in [4.69, 9.17) is 14.5 Å². The molecule has 0 bridgehead atoms. The molecule has 0 fully saturated rings. The smallest absolute Gasteiger partial charge is 0.257 e. The predicted octanol–water partition coefficient (Wildman–Crippen LogP) is 4.59. The van der Waals surface area contributed by atoms with Gasteiger partial charge in [0.05, 0.1) is 19.9 Å². The van der Waals surface area contributed by atoms with Gasteiger partial charge in [-0.2, -0.15) is 5.10 Å². The van der Waals surface area contributed by atoms with Gasteiger partial charge in [-0.1, -0.05) is 17.2 Å². The van der Waals surface area contributed by atoms with E-state index in [1.54, 1.807) is 20.3 Å². The standard InChI is InChI=1S/C27H35N5O3/c1-8-32-20(5)25(19(4)31-32)9-10-28-27(29-22-14-23(34-6)16-24(15-22)35-7)30-26(33)21-12-17(2)11-18(3)13-21/h11-16H,8-10H2,1-7H3,(H2,28,29,30,33). The molecule has 0 radical (unpaired) electrons. The first-order chi connectivity index (χ1) is 16.7. The third-order valence-electron chi connectivity index (χ3n) is 5.79. The zero-order valence-corrected chi connectivity index (χ0v) is 21.7. The van der Waals surface area contributed by atoms with Crippen LogP contribution in [-0.4, -0.2) is 42.4 Å². The maximum Gasteiger partial charge on any atom is 0.257 e. The van der Waals surface area contributed by atoms with Gasteiger partial charge in [-0.05, 0) is 58.7 Å². The van der Waals surface area contributed by atoms with Crippen LogP contribution in [0.2, 0.25) is 0 Å². The lowest BCUT2D eigenvalue weighted by atomic mass is 10.1. The van der Waals surface area contributed by atoms with Gasteiger partial charge in [-0.3, -0.25) is 19.8 Å². The van der Waals surface area contributed by atoms with Crippen molar-refractivity contribution >= 4 is 17.6 Å². The molecule has 0 saturated carbocycles. The summed E-state index contributed by atoms with van der Waals surface area (Å²) in [5.41, 5.74) is 6.65. The van der Waals surface area contributed by atoms with Gasteiger partial charge in [-0.25, -0.2) is 0 Å². The van der Waals surface area contributed by atoms with Crippen LogP contribution in [0.1, 0.15) is 45.4 Å². The van der Waals surface area contributed by atoms with Crippen LogP contribution in [0.15, 0.2) is 41.4 Å². The molecule has 1 amide bonds. The van der Waals surface area contributed by atoms with Gasteiger partial charge in [0.2, 0.25) is 5.96 Å². The van der Waals surface area contributed by atoms with Crippen molar-refractivity contribution in [2.24, 2.45) is 4.99 Å². The summed E-state index contributed by atoms with van der Waals surface area (Å²) in [7, 11) is 3.19. The Morgan fingerprint density at radius 3 is 2.14 bits per heavy atom. The summed E-state index contributed by atoms with van der Waals surface area (Å²) in [6.07, 6.45) is 0.712. The second kappa shape index (κ2) is 11.6. The highest BCUT2D eigenvalue weighted by atomic mass is 16.5. The van der Waals surface area contributed by atoms with E-state index < -0.39 is 0 Å². The molecule has 2 N–H and O–H groups in total. The fourth-order valence-corrected chi connectivity index (χ4v) is 4.10. The molecule has 186 valence electrons. The number of rotatable bonds is 8. The number of carbonyl (C=O) groups is 1. The number of carbonyl (C=O) groups excluding carboxylic acids is 1. The first kappa shape index (κ1) is 25.8. The number of ether oxygens (including phenoxy) is 2. The Kier molecular flexibility index (Phi) is 8.52. The topological polar surface area (TPSA) is 89.8 Å². The number of methoxy groups -OCH3 is 2. The summed E-state index contributed by atoms with van der Waals surface area (Å²) in [6, 6.07) is 11.2. The minimum Gasteiger partial charge on any atom is -0.497 e. The molecule has 1 aromatic heterocycles. The summed E-state index contributed by atoms with van der Waals surface area (Å²) in [5.74, 6) is 1.38. The highest BCUT2D eigenvalue weighted by Crippen LogP contribution is 2.25. The Morgan fingerprint density at radius 1 is 0.971 bits per heavy atom. The molecule has 0 unspecified atom stereocenters. The molecule has 0 aliphatic carbocycles. The molecule has 0 aliphatic rings. The molecule has 0 aliphatic heterocycles. The van der Waals surface area contributed by atoms with Crippen molar-refractivity contribution in [2.75, 3.05) is 26.1 Å². The van der Waals surface area contributed by atoms with E-state index in [2.05, 4.69) is 29.6 Å². The zero-order valence-electron chi connectivity index (χ0n) is 21.7. The number of guanidine groups is 1. The molecule has 35 heavy (non-hydrogen) atoms. The fraction of sp³-hybridized carbons (Fsp3) is 0.370. The van der Waals surface area contributed by atoms with Gasteiger partial charge in [0.1, 0.15) is 11.5 Å². The Bertz CT molecular complexity index is 1190. The van der Waals surface area contributed by atoms with Crippen molar-refractivity contribution in [3.05, 3.63) is 70.0 Å². The Morgan fingerprint density at radius 2 is 1.60 bits per heavy atom. The van der Waals surface area contributed by atoms with Crippen LogP contribution in [0.4, 0.5) is 5.69 Å². The third kappa shape index (κ3) is 6.62. The number of aromatic nitrogens is 2. The maximum absolute atomic E-state index is 13.1. The number of anilines is 1. The molecular weight excluding hydrogens is 442 g/mol.